The zero-order valence-electron chi connectivity index (χ0n) is 6.36. The lowest BCUT2D eigenvalue weighted by Gasteiger charge is -1.86. The van der Waals surface area contributed by atoms with Gasteiger partial charge >= 0.3 is 0 Å². The van der Waals surface area contributed by atoms with Gasteiger partial charge in [0, 0.05) is 21.7 Å². The van der Waals surface area contributed by atoms with Gasteiger partial charge in [-0.15, -0.1) is 0 Å². The molecular weight excluding hydrogens is 176 g/mol. The number of rotatable bonds is 2. The third-order valence-corrected chi connectivity index (χ3v) is 1.71. The molecule has 2 unspecified atom stereocenters. The lowest BCUT2D eigenvalue weighted by atomic mass is 10.3. The van der Waals surface area contributed by atoms with Gasteiger partial charge in [-0.1, -0.05) is 0 Å². The number of azide groups is 2. The molecule has 13 heavy (non-hydrogen) atoms. The van der Waals surface area contributed by atoms with Crippen LogP contribution in [0.4, 0.5) is 0 Å². The van der Waals surface area contributed by atoms with Crippen molar-refractivity contribution < 1.29 is 9.59 Å². The molecule has 2 atom stereocenters. The van der Waals surface area contributed by atoms with Gasteiger partial charge in [0.1, 0.15) is 0 Å². The maximum absolute atomic E-state index is 10.8. The topological polar surface area (TPSA) is 132 Å². The summed E-state index contributed by atoms with van der Waals surface area (Å²) in [7, 11) is 0. The van der Waals surface area contributed by atoms with Crippen LogP contribution in [0.5, 0.6) is 0 Å². The Morgan fingerprint density at radius 2 is 1.46 bits per heavy atom. The van der Waals surface area contributed by atoms with E-state index >= 15 is 0 Å². The van der Waals surface area contributed by atoms with Gasteiger partial charge in [-0.2, -0.15) is 0 Å². The van der Waals surface area contributed by atoms with Crippen molar-refractivity contribution >= 4 is 11.8 Å². The second-order valence-electron chi connectivity index (χ2n) is 2.50. The number of hydrogen-bond acceptors (Lipinski definition) is 2. The van der Waals surface area contributed by atoms with Gasteiger partial charge in [0.2, 0.25) is 11.8 Å². The Balaban J connectivity index is 2.55. The lowest BCUT2D eigenvalue weighted by molar-refractivity contribution is -0.123. The highest BCUT2D eigenvalue weighted by Crippen LogP contribution is 2.40. The van der Waals surface area contributed by atoms with Gasteiger partial charge in [-0.25, -0.2) is 0 Å². The first-order valence-corrected chi connectivity index (χ1v) is 3.38. The van der Waals surface area contributed by atoms with Crippen molar-refractivity contribution in [3.8, 4) is 0 Å². The molecule has 1 saturated carbocycles. The maximum Gasteiger partial charge on any atom is 0.222 e. The minimum atomic E-state index is -0.672. The van der Waals surface area contributed by atoms with Gasteiger partial charge < -0.3 is 0 Å². The van der Waals surface area contributed by atoms with Crippen molar-refractivity contribution in [1.82, 2.24) is 0 Å². The average molecular weight is 180 g/mol. The van der Waals surface area contributed by atoms with Crippen LogP contribution < -0.4 is 0 Å². The predicted molar refractivity (Wildman–Crippen MR) is 39.9 cm³/mol. The third-order valence-electron chi connectivity index (χ3n) is 1.71. The van der Waals surface area contributed by atoms with E-state index in [-0.39, 0.29) is 0 Å². The summed E-state index contributed by atoms with van der Waals surface area (Å²) in [5.41, 5.74) is 15.8. The summed E-state index contributed by atoms with van der Waals surface area (Å²) in [5.74, 6) is -2.52. The monoisotopic (exact) mass is 180 g/mol. The normalized spacial score (nSPS) is 23.7. The molecule has 0 bridgehead atoms. The summed E-state index contributed by atoms with van der Waals surface area (Å²) < 4.78 is 0. The van der Waals surface area contributed by atoms with Crippen molar-refractivity contribution in [3.05, 3.63) is 20.9 Å². The van der Waals surface area contributed by atoms with Crippen molar-refractivity contribution in [2.75, 3.05) is 0 Å². The first kappa shape index (κ1) is 9.05. The summed E-state index contributed by atoms with van der Waals surface area (Å²) in [4.78, 5) is 26.2. The van der Waals surface area contributed by atoms with Crippen molar-refractivity contribution in [3.63, 3.8) is 0 Å². The second-order valence-corrected chi connectivity index (χ2v) is 2.50. The minimum absolute atomic E-state index is 0.301. The van der Waals surface area contributed by atoms with Gasteiger partial charge in [-0.05, 0) is 27.7 Å². The molecule has 0 aromatic rings. The van der Waals surface area contributed by atoms with Crippen LogP contribution in [-0.2, 0) is 9.59 Å². The Kier molecular flexibility index (Phi) is 2.49. The predicted octanol–water partition coefficient (Wildman–Crippen LogP) is 1.30. The molecule has 0 radical (unpaired) electrons. The Bertz CT molecular complexity index is 316. The van der Waals surface area contributed by atoms with E-state index in [1.807, 2.05) is 0 Å². The van der Waals surface area contributed by atoms with E-state index < -0.39 is 23.7 Å². The van der Waals surface area contributed by atoms with Crippen LogP contribution >= 0.6 is 0 Å². The fourth-order valence-electron chi connectivity index (χ4n) is 0.977. The molecule has 0 spiro atoms. The van der Waals surface area contributed by atoms with Crippen LogP contribution in [0, 0.1) is 11.8 Å². The molecule has 2 amide bonds. The number of amides is 2. The SMILES string of the molecule is [N-]=[N+]=NC(=O)C1CC1C(=O)N=[N+]=[N-]. The second kappa shape index (κ2) is 3.57. The molecule has 0 N–H and O–H groups in total. The first-order valence-electron chi connectivity index (χ1n) is 3.38. The van der Waals surface area contributed by atoms with E-state index in [0.717, 1.165) is 0 Å². The lowest BCUT2D eigenvalue weighted by Crippen LogP contribution is -2.03. The Morgan fingerprint density at radius 1 is 1.08 bits per heavy atom. The molecule has 0 aromatic heterocycles. The van der Waals surface area contributed by atoms with Crippen LogP contribution in [0.2, 0.25) is 0 Å². The molecule has 1 aliphatic carbocycles. The van der Waals surface area contributed by atoms with Gasteiger partial charge in [-0.3, -0.25) is 9.59 Å². The largest absolute Gasteiger partial charge is 0.292 e. The average Bonchev–Trinajstić information content (AvgIpc) is 2.84. The van der Waals surface area contributed by atoms with Gasteiger partial charge in [0.15, 0.2) is 0 Å². The number of carbonyl (C=O) groups excluding carboxylic acids is 2. The zero-order chi connectivity index (χ0) is 9.84. The molecular formula is C5H4N6O2. The summed E-state index contributed by atoms with van der Waals surface area (Å²) in [6.45, 7) is 0. The van der Waals surface area contributed by atoms with Crippen LogP contribution in [0.25, 0.3) is 20.9 Å². The molecule has 0 heterocycles. The Labute approximate surface area is 71.8 Å². The van der Waals surface area contributed by atoms with E-state index in [2.05, 4.69) is 20.1 Å². The highest BCUT2D eigenvalue weighted by Gasteiger charge is 2.46. The fraction of sp³-hybridized carbons (Fsp3) is 0.600. The fourth-order valence-corrected chi connectivity index (χ4v) is 0.977. The smallest absolute Gasteiger partial charge is 0.222 e. The summed E-state index contributed by atoms with van der Waals surface area (Å²) >= 11 is 0. The molecule has 1 rings (SSSR count). The van der Waals surface area contributed by atoms with Gasteiger partial charge in [0.25, 0.3) is 0 Å². The molecule has 0 saturated heterocycles. The van der Waals surface area contributed by atoms with E-state index in [0.29, 0.717) is 6.42 Å². The molecule has 0 aromatic carbocycles. The summed E-state index contributed by atoms with van der Waals surface area (Å²) in [6, 6.07) is 0. The van der Waals surface area contributed by atoms with Crippen molar-refractivity contribution in [2.24, 2.45) is 22.1 Å². The van der Waals surface area contributed by atoms with E-state index in [4.69, 9.17) is 11.1 Å². The summed E-state index contributed by atoms with van der Waals surface area (Å²) in [6.07, 6.45) is 0.301. The van der Waals surface area contributed by atoms with E-state index in [9.17, 15) is 9.59 Å². The quantitative estimate of drug-likeness (QED) is 0.360. The van der Waals surface area contributed by atoms with Crippen LogP contribution in [0.15, 0.2) is 10.2 Å². The molecule has 1 fully saturated rings. The molecule has 8 nitrogen and oxygen atoms in total. The van der Waals surface area contributed by atoms with E-state index in [1.165, 1.54) is 0 Å². The standard InChI is InChI=1S/C5H4N6O2/c6-10-8-4(12)2-1-3(2)5(13)9-11-7/h2-3H,1H2. The Morgan fingerprint density at radius 3 is 1.77 bits per heavy atom. The van der Waals surface area contributed by atoms with E-state index in [1.54, 1.807) is 0 Å². The highest BCUT2D eigenvalue weighted by molar-refractivity contribution is 5.93. The third kappa shape index (κ3) is 1.96. The van der Waals surface area contributed by atoms with Crippen LogP contribution in [-0.4, -0.2) is 11.8 Å². The molecule has 1 aliphatic rings. The summed E-state index contributed by atoms with van der Waals surface area (Å²) in [5, 5.41) is 5.67. The van der Waals surface area contributed by atoms with Crippen molar-refractivity contribution in [1.29, 1.82) is 0 Å². The number of carbonyl (C=O) groups is 2. The minimum Gasteiger partial charge on any atom is -0.292 e. The van der Waals surface area contributed by atoms with Crippen molar-refractivity contribution in [2.45, 2.75) is 6.42 Å². The van der Waals surface area contributed by atoms with Crippen LogP contribution in [0.3, 0.4) is 0 Å². The van der Waals surface area contributed by atoms with Gasteiger partial charge in [0.05, 0.1) is 0 Å². The molecule has 66 valence electrons. The Hall–Kier alpha value is -2.04. The molecule has 0 aliphatic heterocycles. The highest BCUT2D eigenvalue weighted by atomic mass is 16.2. The molecule has 8 heteroatoms. The number of nitrogens with zero attached hydrogens (tertiary/aromatic N) is 6. The first-order chi connectivity index (χ1) is 6.20. The van der Waals surface area contributed by atoms with Crippen LogP contribution in [0.1, 0.15) is 6.42 Å². The zero-order valence-corrected chi connectivity index (χ0v) is 6.36. The maximum atomic E-state index is 10.8. The number of hydrogen-bond donors (Lipinski definition) is 0.